The number of rotatable bonds is 7. The second-order valence-corrected chi connectivity index (χ2v) is 7.55. The summed E-state index contributed by atoms with van der Waals surface area (Å²) in [5, 5.41) is 15.4. The maximum absolute atomic E-state index is 12.6. The second-order valence-electron chi connectivity index (χ2n) is 6.34. The molecule has 0 bridgehead atoms. The summed E-state index contributed by atoms with van der Waals surface area (Å²) in [4.78, 5) is 24.9. The fourth-order valence-electron chi connectivity index (χ4n) is 2.39. The number of carbonyl (C=O) groups excluding carboxylic acids is 2. The van der Waals surface area contributed by atoms with Crippen molar-refractivity contribution in [1.29, 1.82) is 0 Å². The normalized spacial score (nSPS) is 13.3. The number of amides is 2. The Morgan fingerprint density at radius 1 is 1.08 bits per heavy atom. The van der Waals surface area contributed by atoms with Gasteiger partial charge in [-0.3, -0.25) is 9.59 Å². The molecule has 2 aromatic rings. The lowest BCUT2D eigenvalue weighted by Crippen LogP contribution is -2.50. The number of hydrogen-bond donors (Lipinski definition) is 2. The Kier molecular flexibility index (Phi) is 6.64. The number of aromatic nitrogens is 2. The fraction of sp³-hybridized carbons (Fsp3) is 0.444. The first kappa shape index (κ1) is 19.1. The third-order valence-corrected chi connectivity index (χ3v) is 4.77. The Morgan fingerprint density at radius 3 is 2.32 bits per heavy atom. The van der Waals surface area contributed by atoms with Crippen molar-refractivity contribution in [2.24, 2.45) is 5.92 Å². The highest BCUT2D eigenvalue weighted by molar-refractivity contribution is 7.11. The molecule has 0 aliphatic heterocycles. The topological polar surface area (TPSA) is 84.0 Å². The third kappa shape index (κ3) is 5.63. The highest BCUT2D eigenvalue weighted by Gasteiger charge is 2.26. The molecule has 0 spiro atoms. The Labute approximate surface area is 152 Å². The first-order valence-electron chi connectivity index (χ1n) is 8.30. The van der Waals surface area contributed by atoms with Gasteiger partial charge in [-0.15, -0.1) is 10.2 Å². The Morgan fingerprint density at radius 2 is 1.76 bits per heavy atom. The summed E-state index contributed by atoms with van der Waals surface area (Å²) in [6, 6.07) is 8.64. The van der Waals surface area contributed by atoms with Crippen LogP contribution >= 0.6 is 11.3 Å². The molecule has 0 saturated heterocycles. The summed E-state index contributed by atoms with van der Waals surface area (Å²) in [5.41, 5.74) is 0.917. The number of carbonyl (C=O) groups is 2. The molecule has 2 rings (SSSR count). The van der Waals surface area contributed by atoms with Gasteiger partial charge in [-0.05, 0) is 25.3 Å². The summed E-state index contributed by atoms with van der Waals surface area (Å²) >= 11 is 1.45. The van der Waals surface area contributed by atoms with Gasteiger partial charge in [0.15, 0.2) is 0 Å². The van der Waals surface area contributed by atoms with Crippen LogP contribution in [0.25, 0.3) is 0 Å². The van der Waals surface area contributed by atoms with Crippen LogP contribution in [0.1, 0.15) is 42.4 Å². The lowest BCUT2D eigenvalue weighted by molar-refractivity contribution is -0.130. The second kappa shape index (κ2) is 8.71. The summed E-state index contributed by atoms with van der Waals surface area (Å²) < 4.78 is 0. The summed E-state index contributed by atoms with van der Waals surface area (Å²) in [7, 11) is 0. The molecule has 1 aromatic carbocycles. The smallest absolute Gasteiger partial charge is 0.243 e. The standard InChI is InChI=1S/C18H24N4O2S/c1-11(2)16(20-15(23)10-14-8-6-5-7-9-14)17(24)19-12(3)18-22-21-13(4)25-18/h5-9,11-12,16H,10H2,1-4H3,(H,19,24)(H,20,23)/t12-,16+/m0/s1. The van der Waals surface area contributed by atoms with Crippen molar-refractivity contribution in [3.8, 4) is 0 Å². The van der Waals surface area contributed by atoms with Crippen LogP contribution in [0.3, 0.4) is 0 Å². The van der Waals surface area contributed by atoms with E-state index in [4.69, 9.17) is 0 Å². The van der Waals surface area contributed by atoms with Crippen molar-refractivity contribution in [3.05, 3.63) is 45.9 Å². The van der Waals surface area contributed by atoms with Gasteiger partial charge in [0.05, 0.1) is 12.5 Å². The van der Waals surface area contributed by atoms with Gasteiger partial charge >= 0.3 is 0 Å². The molecule has 0 saturated carbocycles. The minimum Gasteiger partial charge on any atom is -0.345 e. The van der Waals surface area contributed by atoms with Crippen LogP contribution in [-0.4, -0.2) is 28.1 Å². The van der Waals surface area contributed by atoms with E-state index in [1.807, 2.05) is 58.0 Å². The van der Waals surface area contributed by atoms with Gasteiger partial charge in [0.1, 0.15) is 16.1 Å². The van der Waals surface area contributed by atoms with Gasteiger partial charge < -0.3 is 10.6 Å². The molecule has 0 radical (unpaired) electrons. The first-order chi connectivity index (χ1) is 11.9. The van der Waals surface area contributed by atoms with Crippen LogP contribution in [-0.2, 0) is 16.0 Å². The summed E-state index contributed by atoms with van der Waals surface area (Å²) in [6.07, 6.45) is 0.252. The van der Waals surface area contributed by atoms with Gasteiger partial charge in [0, 0.05) is 0 Å². The van der Waals surface area contributed by atoms with Gasteiger partial charge in [-0.2, -0.15) is 0 Å². The number of nitrogens with one attached hydrogen (secondary N) is 2. The van der Waals surface area contributed by atoms with Crippen molar-refractivity contribution in [2.75, 3.05) is 0 Å². The maximum atomic E-state index is 12.6. The molecule has 0 fully saturated rings. The van der Waals surface area contributed by atoms with E-state index in [0.717, 1.165) is 15.6 Å². The minimum atomic E-state index is -0.590. The van der Waals surface area contributed by atoms with E-state index in [1.54, 1.807) is 0 Å². The Bertz CT molecular complexity index is 715. The molecule has 0 aliphatic rings. The number of benzene rings is 1. The van der Waals surface area contributed by atoms with E-state index in [2.05, 4.69) is 20.8 Å². The third-order valence-electron chi connectivity index (χ3n) is 3.74. The fourth-order valence-corrected chi connectivity index (χ4v) is 3.09. The van der Waals surface area contributed by atoms with Crippen LogP contribution in [0.15, 0.2) is 30.3 Å². The molecule has 7 heteroatoms. The van der Waals surface area contributed by atoms with Crippen molar-refractivity contribution in [2.45, 2.75) is 46.2 Å². The predicted octanol–water partition coefficient (Wildman–Crippen LogP) is 2.41. The van der Waals surface area contributed by atoms with E-state index in [-0.39, 0.29) is 30.2 Å². The average molecular weight is 360 g/mol. The summed E-state index contributed by atoms with van der Waals surface area (Å²) in [6.45, 7) is 7.55. The van der Waals surface area contributed by atoms with Crippen molar-refractivity contribution in [3.63, 3.8) is 0 Å². The van der Waals surface area contributed by atoms with Gasteiger partial charge in [0.25, 0.3) is 0 Å². The number of hydrogen-bond acceptors (Lipinski definition) is 5. The molecular weight excluding hydrogens is 336 g/mol. The quantitative estimate of drug-likeness (QED) is 0.794. The zero-order valence-electron chi connectivity index (χ0n) is 14.9. The van der Waals surface area contributed by atoms with Crippen LogP contribution < -0.4 is 10.6 Å². The molecule has 0 unspecified atom stereocenters. The van der Waals surface area contributed by atoms with Crippen LogP contribution in [0.2, 0.25) is 0 Å². The monoisotopic (exact) mass is 360 g/mol. The van der Waals surface area contributed by atoms with E-state index in [0.29, 0.717) is 0 Å². The molecule has 2 amide bonds. The zero-order chi connectivity index (χ0) is 18.4. The maximum Gasteiger partial charge on any atom is 0.243 e. The SMILES string of the molecule is Cc1nnc([C@H](C)NC(=O)[C@H](NC(=O)Cc2ccccc2)C(C)C)s1. The predicted molar refractivity (Wildman–Crippen MR) is 98.1 cm³/mol. The van der Waals surface area contributed by atoms with Gasteiger partial charge in [0.2, 0.25) is 11.8 Å². The highest BCUT2D eigenvalue weighted by Crippen LogP contribution is 2.17. The van der Waals surface area contributed by atoms with Crippen molar-refractivity contribution in [1.82, 2.24) is 20.8 Å². The number of aryl methyl sites for hydroxylation is 1. The van der Waals surface area contributed by atoms with Gasteiger partial charge in [-0.25, -0.2) is 0 Å². The van der Waals surface area contributed by atoms with Gasteiger partial charge in [-0.1, -0.05) is 55.5 Å². The molecule has 1 heterocycles. The van der Waals surface area contributed by atoms with E-state index in [9.17, 15) is 9.59 Å². The van der Waals surface area contributed by atoms with Crippen molar-refractivity contribution < 1.29 is 9.59 Å². The Hall–Kier alpha value is -2.28. The summed E-state index contributed by atoms with van der Waals surface area (Å²) in [5.74, 6) is -0.403. The Balaban J connectivity index is 1.96. The first-order valence-corrected chi connectivity index (χ1v) is 9.12. The molecule has 0 aliphatic carbocycles. The molecular formula is C18H24N4O2S. The average Bonchev–Trinajstić information content (AvgIpc) is 2.99. The zero-order valence-corrected chi connectivity index (χ0v) is 15.8. The van der Waals surface area contributed by atoms with E-state index >= 15 is 0 Å². The highest BCUT2D eigenvalue weighted by atomic mass is 32.1. The molecule has 6 nitrogen and oxygen atoms in total. The van der Waals surface area contributed by atoms with Crippen LogP contribution in [0, 0.1) is 12.8 Å². The van der Waals surface area contributed by atoms with Crippen molar-refractivity contribution >= 4 is 23.2 Å². The van der Waals surface area contributed by atoms with Crippen LogP contribution in [0.5, 0.6) is 0 Å². The number of nitrogens with zero attached hydrogens (tertiary/aromatic N) is 2. The lowest BCUT2D eigenvalue weighted by atomic mass is 10.0. The minimum absolute atomic E-state index is 0.0249. The molecule has 134 valence electrons. The molecule has 1 aromatic heterocycles. The van der Waals surface area contributed by atoms with Crippen LogP contribution in [0.4, 0.5) is 0 Å². The largest absolute Gasteiger partial charge is 0.345 e. The van der Waals surface area contributed by atoms with E-state index in [1.165, 1.54) is 11.3 Å². The molecule has 25 heavy (non-hydrogen) atoms. The molecule has 2 atom stereocenters. The van der Waals surface area contributed by atoms with E-state index < -0.39 is 6.04 Å². The lowest BCUT2D eigenvalue weighted by Gasteiger charge is -2.23. The molecule has 2 N–H and O–H groups in total.